The molecule has 3 aromatic carbocycles. The second-order valence-corrected chi connectivity index (χ2v) is 5.10. The van der Waals surface area contributed by atoms with Crippen molar-refractivity contribution in [3.05, 3.63) is 84.1 Å². The number of H-pyrrole nitrogens is 1. The number of carbonyl (C=O) groups excluding carboxylic acids is 1. The molecule has 0 aliphatic carbocycles. The molecule has 0 aliphatic heterocycles. The number of ketones is 1. The highest BCUT2D eigenvalue weighted by Crippen LogP contribution is 2.25. The average molecular weight is 271 g/mol. The van der Waals surface area contributed by atoms with Crippen LogP contribution in [0.15, 0.2) is 72.9 Å². The summed E-state index contributed by atoms with van der Waals surface area (Å²) in [6.45, 7) is 0. The van der Waals surface area contributed by atoms with Crippen LogP contribution >= 0.6 is 0 Å². The Morgan fingerprint density at radius 1 is 0.714 bits per heavy atom. The van der Waals surface area contributed by atoms with Crippen LogP contribution < -0.4 is 0 Å². The molecule has 100 valence electrons. The Kier molecular flexibility index (Phi) is 2.61. The van der Waals surface area contributed by atoms with Gasteiger partial charge in [0.15, 0.2) is 5.78 Å². The summed E-state index contributed by atoms with van der Waals surface area (Å²) < 4.78 is 0. The Morgan fingerprint density at radius 2 is 1.43 bits per heavy atom. The highest BCUT2D eigenvalue weighted by molar-refractivity contribution is 6.21. The molecule has 4 aromatic rings. The molecule has 1 heterocycles. The van der Waals surface area contributed by atoms with Crippen LogP contribution in [0, 0.1) is 0 Å². The van der Waals surface area contributed by atoms with Gasteiger partial charge in [0.1, 0.15) is 0 Å². The lowest BCUT2D eigenvalue weighted by Crippen LogP contribution is -2.02. The van der Waals surface area contributed by atoms with E-state index in [0.29, 0.717) is 0 Å². The van der Waals surface area contributed by atoms with Crippen molar-refractivity contribution in [1.82, 2.24) is 4.98 Å². The van der Waals surface area contributed by atoms with E-state index >= 15 is 0 Å². The van der Waals surface area contributed by atoms with E-state index in [1.54, 1.807) is 0 Å². The molecule has 0 amide bonds. The zero-order chi connectivity index (χ0) is 14.2. The van der Waals surface area contributed by atoms with Gasteiger partial charge in [-0.3, -0.25) is 4.79 Å². The number of aromatic nitrogens is 1. The van der Waals surface area contributed by atoms with Crippen LogP contribution in [0.5, 0.6) is 0 Å². The first-order valence-electron chi connectivity index (χ1n) is 6.93. The summed E-state index contributed by atoms with van der Waals surface area (Å²) in [5, 5.41) is 3.05. The SMILES string of the molecule is O=C(c1cccc2ccccc12)c1cccc2[nH]ccc12. The van der Waals surface area contributed by atoms with E-state index in [0.717, 1.165) is 32.8 Å². The van der Waals surface area contributed by atoms with Gasteiger partial charge in [-0.2, -0.15) is 0 Å². The number of hydrogen-bond donors (Lipinski definition) is 1. The minimum atomic E-state index is 0.0667. The molecule has 0 radical (unpaired) electrons. The van der Waals surface area contributed by atoms with Crippen molar-refractivity contribution < 1.29 is 4.79 Å². The zero-order valence-corrected chi connectivity index (χ0v) is 11.3. The van der Waals surface area contributed by atoms with Gasteiger partial charge < -0.3 is 4.98 Å². The molecular formula is C19H13NO. The molecule has 0 spiro atoms. The van der Waals surface area contributed by atoms with E-state index in [2.05, 4.69) is 4.98 Å². The van der Waals surface area contributed by atoms with Crippen LogP contribution in [0.3, 0.4) is 0 Å². The number of hydrogen-bond acceptors (Lipinski definition) is 1. The molecule has 0 fully saturated rings. The van der Waals surface area contributed by atoms with Crippen LogP contribution in [0.2, 0.25) is 0 Å². The van der Waals surface area contributed by atoms with Crippen LogP contribution in [0.25, 0.3) is 21.7 Å². The van der Waals surface area contributed by atoms with Gasteiger partial charge in [0.05, 0.1) is 0 Å². The molecule has 0 saturated carbocycles. The fraction of sp³-hybridized carbons (Fsp3) is 0. The molecule has 0 bridgehead atoms. The minimum Gasteiger partial charge on any atom is -0.361 e. The standard InChI is InChI=1S/C19H13NO/c21-19(17-9-4-10-18-15(17)11-12-20-18)16-8-3-6-13-5-1-2-7-14(13)16/h1-12,20H. The van der Waals surface area contributed by atoms with Gasteiger partial charge in [-0.05, 0) is 22.9 Å². The third-order valence-corrected chi connectivity index (χ3v) is 3.87. The predicted octanol–water partition coefficient (Wildman–Crippen LogP) is 4.55. The van der Waals surface area contributed by atoms with Gasteiger partial charge >= 0.3 is 0 Å². The summed E-state index contributed by atoms with van der Waals surface area (Å²) >= 11 is 0. The number of rotatable bonds is 2. The number of nitrogens with one attached hydrogen (secondary N) is 1. The van der Waals surface area contributed by atoms with Crippen LogP contribution in [0.4, 0.5) is 0 Å². The van der Waals surface area contributed by atoms with Crippen molar-refractivity contribution in [2.24, 2.45) is 0 Å². The molecule has 2 nitrogen and oxygen atoms in total. The first kappa shape index (κ1) is 11.9. The lowest BCUT2D eigenvalue weighted by Gasteiger charge is -2.07. The van der Waals surface area contributed by atoms with Crippen molar-refractivity contribution in [3.8, 4) is 0 Å². The van der Waals surface area contributed by atoms with Crippen molar-refractivity contribution in [2.45, 2.75) is 0 Å². The number of carbonyl (C=O) groups is 1. The van der Waals surface area contributed by atoms with Gasteiger partial charge in [-0.25, -0.2) is 0 Å². The lowest BCUT2D eigenvalue weighted by atomic mass is 9.95. The summed E-state index contributed by atoms with van der Waals surface area (Å²) in [4.78, 5) is 16.1. The largest absolute Gasteiger partial charge is 0.361 e. The number of aromatic amines is 1. The predicted molar refractivity (Wildman–Crippen MR) is 85.7 cm³/mol. The third kappa shape index (κ3) is 1.84. The quantitative estimate of drug-likeness (QED) is 0.533. The van der Waals surface area contributed by atoms with Crippen molar-refractivity contribution in [2.75, 3.05) is 0 Å². The van der Waals surface area contributed by atoms with Crippen LogP contribution in [0.1, 0.15) is 15.9 Å². The van der Waals surface area contributed by atoms with Crippen molar-refractivity contribution in [1.29, 1.82) is 0 Å². The molecule has 0 atom stereocenters. The van der Waals surface area contributed by atoms with Gasteiger partial charge in [-0.1, -0.05) is 54.6 Å². The summed E-state index contributed by atoms with van der Waals surface area (Å²) in [6, 6.07) is 21.6. The summed E-state index contributed by atoms with van der Waals surface area (Å²) in [7, 11) is 0. The maximum Gasteiger partial charge on any atom is 0.194 e. The van der Waals surface area contributed by atoms with Crippen molar-refractivity contribution >= 4 is 27.5 Å². The first-order valence-corrected chi connectivity index (χ1v) is 6.93. The van der Waals surface area contributed by atoms with E-state index in [4.69, 9.17) is 0 Å². The minimum absolute atomic E-state index is 0.0667. The van der Waals surface area contributed by atoms with Gasteiger partial charge in [0.2, 0.25) is 0 Å². The van der Waals surface area contributed by atoms with E-state index in [1.807, 2.05) is 72.9 Å². The summed E-state index contributed by atoms with van der Waals surface area (Å²) in [5.74, 6) is 0.0667. The zero-order valence-electron chi connectivity index (χ0n) is 11.3. The Balaban J connectivity index is 1.97. The topological polar surface area (TPSA) is 32.9 Å². The van der Waals surface area contributed by atoms with Gasteiger partial charge in [0, 0.05) is 28.2 Å². The Labute approximate surface area is 122 Å². The van der Waals surface area contributed by atoms with Crippen molar-refractivity contribution in [3.63, 3.8) is 0 Å². The number of fused-ring (bicyclic) bond motifs is 2. The van der Waals surface area contributed by atoms with E-state index < -0.39 is 0 Å². The Morgan fingerprint density at radius 3 is 2.33 bits per heavy atom. The molecule has 1 aromatic heterocycles. The van der Waals surface area contributed by atoms with Crippen LogP contribution in [-0.2, 0) is 0 Å². The van der Waals surface area contributed by atoms with E-state index in [9.17, 15) is 4.79 Å². The second kappa shape index (κ2) is 4.60. The average Bonchev–Trinajstić information content (AvgIpc) is 3.02. The third-order valence-electron chi connectivity index (χ3n) is 3.87. The maximum absolute atomic E-state index is 13.0. The monoisotopic (exact) mass is 271 g/mol. The smallest absolute Gasteiger partial charge is 0.194 e. The van der Waals surface area contributed by atoms with Gasteiger partial charge in [-0.15, -0.1) is 0 Å². The molecular weight excluding hydrogens is 258 g/mol. The fourth-order valence-electron chi connectivity index (χ4n) is 2.85. The Bertz CT molecular complexity index is 960. The molecule has 21 heavy (non-hydrogen) atoms. The fourth-order valence-corrected chi connectivity index (χ4v) is 2.85. The molecule has 0 unspecified atom stereocenters. The molecule has 1 N–H and O–H groups in total. The Hall–Kier alpha value is -2.87. The first-order chi connectivity index (χ1) is 10.3. The second-order valence-electron chi connectivity index (χ2n) is 5.10. The lowest BCUT2D eigenvalue weighted by molar-refractivity contribution is 0.104. The highest BCUT2D eigenvalue weighted by Gasteiger charge is 2.15. The summed E-state index contributed by atoms with van der Waals surface area (Å²) in [6.07, 6.45) is 1.87. The van der Waals surface area contributed by atoms with Crippen LogP contribution in [-0.4, -0.2) is 10.8 Å². The highest BCUT2D eigenvalue weighted by atomic mass is 16.1. The normalized spacial score (nSPS) is 11.0. The molecule has 0 saturated heterocycles. The summed E-state index contributed by atoms with van der Waals surface area (Å²) in [5.41, 5.74) is 2.48. The number of benzene rings is 3. The van der Waals surface area contributed by atoms with E-state index in [-0.39, 0.29) is 5.78 Å². The molecule has 4 rings (SSSR count). The molecule has 2 heteroatoms. The maximum atomic E-state index is 13.0. The van der Waals surface area contributed by atoms with E-state index in [1.165, 1.54) is 0 Å². The molecule has 0 aliphatic rings. The van der Waals surface area contributed by atoms with Gasteiger partial charge in [0.25, 0.3) is 0 Å².